The highest BCUT2D eigenvalue weighted by molar-refractivity contribution is 5.51. The molecule has 2 aliphatic rings. The molecule has 7 atom stereocenters. The van der Waals surface area contributed by atoms with Gasteiger partial charge in [-0.2, -0.15) is 0 Å². The summed E-state index contributed by atoms with van der Waals surface area (Å²) in [4.78, 5) is 0. The number of phenols is 3. The van der Waals surface area contributed by atoms with Gasteiger partial charge in [0.15, 0.2) is 12.4 Å². The lowest BCUT2D eigenvalue weighted by Gasteiger charge is -2.43. The summed E-state index contributed by atoms with van der Waals surface area (Å²) < 4.78 is 17.3. The third-order valence-corrected chi connectivity index (χ3v) is 5.55. The maximum absolute atomic E-state index is 10.3. The highest BCUT2D eigenvalue weighted by Gasteiger charge is 2.46. The fraction of sp³-hybridized carbons (Fsp3) is 0.429. The molecule has 0 unspecified atom stereocenters. The Balaban J connectivity index is 1.66. The summed E-state index contributed by atoms with van der Waals surface area (Å²) in [6.07, 6.45) is -8.80. The number of rotatable bonds is 4. The lowest BCUT2D eigenvalue weighted by Crippen LogP contribution is -2.60. The van der Waals surface area contributed by atoms with Crippen molar-refractivity contribution in [1.29, 1.82) is 0 Å². The number of hydrogen-bond acceptors (Lipinski definition) is 10. The third-order valence-electron chi connectivity index (χ3n) is 5.55. The summed E-state index contributed by atoms with van der Waals surface area (Å²) in [7, 11) is 0. The molecular formula is C21H24O10. The van der Waals surface area contributed by atoms with Crippen molar-refractivity contribution in [3.05, 3.63) is 47.5 Å². The zero-order chi connectivity index (χ0) is 22.3. The van der Waals surface area contributed by atoms with Crippen molar-refractivity contribution in [2.24, 2.45) is 0 Å². The molecule has 2 aromatic rings. The molecule has 0 aromatic heterocycles. The van der Waals surface area contributed by atoms with Crippen molar-refractivity contribution in [2.45, 2.75) is 49.3 Å². The summed E-state index contributed by atoms with van der Waals surface area (Å²) in [5, 5.41) is 69.4. The van der Waals surface area contributed by atoms with Crippen LogP contribution in [0.5, 0.6) is 23.0 Å². The molecular weight excluding hydrogens is 412 g/mol. The molecule has 2 heterocycles. The minimum atomic E-state index is -1.61. The second kappa shape index (κ2) is 8.50. The van der Waals surface area contributed by atoms with Crippen molar-refractivity contribution in [3.63, 3.8) is 0 Å². The third kappa shape index (κ3) is 4.13. The number of hydrogen-bond donors (Lipinski definition) is 7. The molecule has 7 N–H and O–H groups in total. The van der Waals surface area contributed by atoms with Crippen molar-refractivity contribution in [1.82, 2.24) is 0 Å². The van der Waals surface area contributed by atoms with Crippen LogP contribution < -0.4 is 4.74 Å². The van der Waals surface area contributed by atoms with E-state index in [2.05, 4.69) is 0 Å². The summed E-state index contributed by atoms with van der Waals surface area (Å²) >= 11 is 0. The summed E-state index contributed by atoms with van der Waals surface area (Å²) in [5.74, 6) is -0.110. The average molecular weight is 436 g/mol. The van der Waals surface area contributed by atoms with E-state index < -0.39 is 49.5 Å². The Labute approximate surface area is 177 Å². The number of aliphatic hydroxyl groups is 4. The van der Waals surface area contributed by atoms with Crippen molar-refractivity contribution < 1.29 is 50.0 Å². The van der Waals surface area contributed by atoms with Gasteiger partial charge in [-0.05, 0) is 17.7 Å². The van der Waals surface area contributed by atoms with E-state index in [1.807, 2.05) is 0 Å². The van der Waals surface area contributed by atoms with Gasteiger partial charge in [0, 0.05) is 24.1 Å². The predicted molar refractivity (Wildman–Crippen MR) is 104 cm³/mol. The van der Waals surface area contributed by atoms with E-state index in [0.717, 1.165) is 6.07 Å². The first-order chi connectivity index (χ1) is 14.8. The summed E-state index contributed by atoms with van der Waals surface area (Å²) in [6, 6.07) is 8.65. The van der Waals surface area contributed by atoms with Gasteiger partial charge in [0.25, 0.3) is 0 Å². The molecule has 4 rings (SSSR count). The van der Waals surface area contributed by atoms with E-state index in [-0.39, 0.29) is 29.4 Å². The molecule has 0 saturated carbocycles. The topological polar surface area (TPSA) is 169 Å². The fourth-order valence-electron chi connectivity index (χ4n) is 3.87. The zero-order valence-corrected chi connectivity index (χ0v) is 16.3. The van der Waals surface area contributed by atoms with Crippen molar-refractivity contribution in [3.8, 4) is 23.0 Å². The molecule has 31 heavy (non-hydrogen) atoms. The van der Waals surface area contributed by atoms with Gasteiger partial charge in [0.2, 0.25) is 0 Å². The Hall–Kier alpha value is -2.60. The van der Waals surface area contributed by atoms with Crippen LogP contribution in [0.4, 0.5) is 0 Å². The predicted octanol–water partition coefficient (Wildman–Crippen LogP) is -0.335. The van der Waals surface area contributed by atoms with Gasteiger partial charge in [-0.25, -0.2) is 0 Å². The van der Waals surface area contributed by atoms with Crippen LogP contribution in [0, 0.1) is 0 Å². The lowest BCUT2D eigenvalue weighted by molar-refractivity contribution is -0.317. The van der Waals surface area contributed by atoms with Gasteiger partial charge >= 0.3 is 0 Å². The van der Waals surface area contributed by atoms with Gasteiger partial charge in [0.1, 0.15) is 53.5 Å². The van der Waals surface area contributed by atoms with Crippen molar-refractivity contribution >= 4 is 0 Å². The zero-order valence-electron chi connectivity index (χ0n) is 16.3. The number of aliphatic hydroxyl groups excluding tert-OH is 4. The standard InChI is InChI=1S/C21H24O10/c22-8-16-17(26)18(27)19(28)21(31-16)30-15-7-12-13(25)5-11(24)6-14(12)29-20(15)9-1-3-10(23)4-2-9/h1-6,15-28H,7-8H2/t15-,16+,17+,18-,19+,20-,21-/m1/s1. The maximum Gasteiger partial charge on any atom is 0.187 e. The number of aromatic hydroxyl groups is 3. The van der Waals surface area contributed by atoms with Gasteiger partial charge in [-0.3, -0.25) is 0 Å². The van der Waals surface area contributed by atoms with E-state index in [1.165, 1.54) is 18.2 Å². The molecule has 0 bridgehead atoms. The fourth-order valence-corrected chi connectivity index (χ4v) is 3.87. The molecule has 0 amide bonds. The molecule has 0 radical (unpaired) electrons. The number of phenolic OH excluding ortho intramolecular Hbond substituents is 3. The first kappa shape index (κ1) is 21.6. The quantitative estimate of drug-likeness (QED) is 0.337. The van der Waals surface area contributed by atoms with Crippen LogP contribution in [-0.4, -0.2) is 79.2 Å². The highest BCUT2D eigenvalue weighted by atomic mass is 16.7. The molecule has 1 saturated heterocycles. The normalized spacial score (nSPS) is 32.8. The molecule has 10 nitrogen and oxygen atoms in total. The van der Waals surface area contributed by atoms with E-state index in [1.54, 1.807) is 12.1 Å². The Morgan fingerprint density at radius 1 is 0.903 bits per heavy atom. The maximum atomic E-state index is 10.3. The molecule has 10 heteroatoms. The SMILES string of the molecule is OC[C@@H]1O[C@@H](O[C@@H]2Cc3c(O)cc(O)cc3O[C@@H]2c2ccc(O)cc2)[C@@H](O)[C@H](O)[C@H]1O. The molecule has 2 aromatic carbocycles. The molecule has 1 fully saturated rings. The van der Waals surface area contributed by atoms with Crippen LogP contribution in [0.2, 0.25) is 0 Å². The minimum absolute atomic E-state index is 0.0432. The van der Waals surface area contributed by atoms with Gasteiger partial charge in [0.05, 0.1) is 6.61 Å². The first-order valence-electron chi connectivity index (χ1n) is 9.75. The Morgan fingerprint density at radius 3 is 2.29 bits per heavy atom. The van der Waals surface area contributed by atoms with Crippen LogP contribution >= 0.6 is 0 Å². The Morgan fingerprint density at radius 2 is 1.61 bits per heavy atom. The largest absolute Gasteiger partial charge is 0.508 e. The van der Waals surface area contributed by atoms with Crippen molar-refractivity contribution in [2.75, 3.05) is 6.61 Å². The highest BCUT2D eigenvalue weighted by Crippen LogP contribution is 2.43. The summed E-state index contributed by atoms with van der Waals surface area (Å²) in [5.41, 5.74) is 0.961. The number of ether oxygens (including phenoxy) is 3. The molecule has 0 spiro atoms. The molecule has 0 aliphatic carbocycles. The van der Waals surface area contributed by atoms with Crippen LogP contribution in [0.1, 0.15) is 17.2 Å². The van der Waals surface area contributed by atoms with Gasteiger partial charge in [-0.15, -0.1) is 0 Å². The van der Waals surface area contributed by atoms with E-state index >= 15 is 0 Å². The Bertz CT molecular complexity index is 915. The average Bonchev–Trinajstić information content (AvgIpc) is 2.74. The van der Waals surface area contributed by atoms with Crippen LogP contribution in [0.15, 0.2) is 36.4 Å². The second-order valence-electron chi connectivity index (χ2n) is 7.65. The van der Waals surface area contributed by atoms with Crippen LogP contribution in [0.25, 0.3) is 0 Å². The van der Waals surface area contributed by atoms with E-state index in [0.29, 0.717) is 11.1 Å². The number of benzene rings is 2. The van der Waals surface area contributed by atoms with E-state index in [4.69, 9.17) is 14.2 Å². The smallest absolute Gasteiger partial charge is 0.187 e. The van der Waals surface area contributed by atoms with Crippen LogP contribution in [-0.2, 0) is 15.9 Å². The van der Waals surface area contributed by atoms with Gasteiger partial charge in [-0.1, -0.05) is 12.1 Å². The first-order valence-corrected chi connectivity index (χ1v) is 9.75. The Kier molecular flexibility index (Phi) is 5.93. The number of fused-ring (bicyclic) bond motifs is 1. The van der Waals surface area contributed by atoms with Crippen LogP contribution in [0.3, 0.4) is 0 Å². The molecule has 168 valence electrons. The van der Waals surface area contributed by atoms with Gasteiger partial charge < -0.3 is 50.0 Å². The second-order valence-corrected chi connectivity index (χ2v) is 7.65. The minimum Gasteiger partial charge on any atom is -0.508 e. The summed E-state index contributed by atoms with van der Waals surface area (Å²) in [6.45, 7) is -0.601. The van der Waals surface area contributed by atoms with E-state index in [9.17, 15) is 35.7 Å². The lowest BCUT2D eigenvalue weighted by atomic mass is 9.93. The molecule has 2 aliphatic heterocycles. The monoisotopic (exact) mass is 436 g/mol.